The summed E-state index contributed by atoms with van der Waals surface area (Å²) < 4.78 is 8.93. The first kappa shape index (κ1) is 31.9. The number of para-hydroxylation sites is 3. The Labute approximate surface area is 313 Å². The third-order valence-corrected chi connectivity index (χ3v) is 10.4. The third kappa shape index (κ3) is 5.28. The van der Waals surface area contributed by atoms with Crippen LogP contribution in [0, 0.1) is 27.7 Å². The summed E-state index contributed by atoms with van der Waals surface area (Å²) in [5.41, 5.74) is 14.7. The van der Waals surface area contributed by atoms with E-state index in [9.17, 15) is 0 Å². The largest absolute Gasteiger partial charge is 0.455 e. The van der Waals surface area contributed by atoms with Gasteiger partial charge >= 0.3 is 0 Å². The van der Waals surface area contributed by atoms with Gasteiger partial charge in [-0.25, -0.2) is 4.98 Å². The van der Waals surface area contributed by atoms with Crippen LogP contribution in [0.3, 0.4) is 0 Å². The van der Waals surface area contributed by atoms with E-state index in [2.05, 4.69) is 172 Å². The molecular weight excluding hydrogens is 661 g/mol. The van der Waals surface area contributed by atoms with Gasteiger partial charge in [0.15, 0.2) is 11.6 Å². The Balaban J connectivity index is 1.24. The average molecular weight is 697 g/mol. The minimum atomic E-state index is 0.573. The van der Waals surface area contributed by atoms with E-state index in [1.54, 1.807) is 0 Å². The normalized spacial score (nSPS) is 11.7. The molecule has 0 N–H and O–H groups in total. The fraction of sp³-hybridized carbons (Fsp3) is 0.0816. The second-order valence-electron chi connectivity index (χ2n) is 14.5. The molecule has 54 heavy (non-hydrogen) atoms. The van der Waals surface area contributed by atoms with Crippen LogP contribution in [0.25, 0.3) is 94.7 Å². The zero-order valence-corrected chi connectivity index (χ0v) is 30.6. The fourth-order valence-corrected chi connectivity index (χ4v) is 8.20. The number of rotatable bonds is 5. The number of aryl methyl sites for hydroxylation is 4. The van der Waals surface area contributed by atoms with E-state index in [-0.39, 0.29) is 0 Å². The summed E-state index contributed by atoms with van der Waals surface area (Å²) in [5.74, 6) is 1.86. The van der Waals surface area contributed by atoms with Gasteiger partial charge in [-0.1, -0.05) is 125 Å². The molecule has 0 atom stereocenters. The van der Waals surface area contributed by atoms with Gasteiger partial charge in [-0.05, 0) is 81.3 Å². The summed E-state index contributed by atoms with van der Waals surface area (Å²) in [6.07, 6.45) is 0. The first-order valence-electron chi connectivity index (χ1n) is 18.3. The van der Waals surface area contributed by atoms with Crippen LogP contribution in [0.15, 0.2) is 150 Å². The number of nitrogens with zero attached hydrogens (tertiary/aromatic N) is 4. The maximum Gasteiger partial charge on any atom is 0.238 e. The van der Waals surface area contributed by atoms with E-state index in [1.807, 2.05) is 6.07 Å². The molecule has 0 unspecified atom stereocenters. The number of hydrogen-bond acceptors (Lipinski definition) is 4. The molecular formula is C49H36N4O. The van der Waals surface area contributed by atoms with Gasteiger partial charge in [-0.15, -0.1) is 0 Å². The lowest BCUT2D eigenvalue weighted by molar-refractivity contribution is 0.670. The van der Waals surface area contributed by atoms with E-state index in [4.69, 9.17) is 19.4 Å². The van der Waals surface area contributed by atoms with Crippen molar-refractivity contribution < 1.29 is 4.42 Å². The van der Waals surface area contributed by atoms with Crippen molar-refractivity contribution >= 4 is 43.7 Å². The Morgan fingerprint density at radius 1 is 0.426 bits per heavy atom. The number of benzene rings is 7. The predicted octanol–water partition coefficient (Wildman–Crippen LogP) is 12.8. The third-order valence-electron chi connectivity index (χ3n) is 10.4. The Kier molecular flexibility index (Phi) is 7.31. The fourth-order valence-electron chi connectivity index (χ4n) is 8.20. The topological polar surface area (TPSA) is 56.7 Å². The highest BCUT2D eigenvalue weighted by Crippen LogP contribution is 2.41. The maximum absolute atomic E-state index is 6.71. The van der Waals surface area contributed by atoms with Crippen molar-refractivity contribution in [1.29, 1.82) is 0 Å². The molecule has 5 nitrogen and oxygen atoms in total. The molecule has 3 aromatic heterocycles. The first-order valence-corrected chi connectivity index (χ1v) is 18.3. The maximum atomic E-state index is 6.71. The molecule has 0 aliphatic carbocycles. The molecule has 0 saturated carbocycles. The Morgan fingerprint density at radius 3 is 1.70 bits per heavy atom. The molecule has 0 aliphatic heterocycles. The van der Waals surface area contributed by atoms with Crippen molar-refractivity contribution in [2.45, 2.75) is 27.7 Å². The van der Waals surface area contributed by atoms with Crippen LogP contribution in [0.5, 0.6) is 0 Å². The molecule has 0 fully saturated rings. The standard InChI is InChI=1S/C49H36N4O/c1-29-22-30(2)25-35(24-29)47-50-48(36-26-31(3)23-32(4)27-36)52-49(51-47)53-43-19-9-8-14-39(43)41-17-10-15-37(45(41)53)34-20-21-40-42-18-11-16-38(33-12-6-5-7-13-33)46(42)54-44(40)28-34/h5-28H,1-4H3. The van der Waals surface area contributed by atoms with Crippen LogP contribution in [0.1, 0.15) is 22.3 Å². The van der Waals surface area contributed by atoms with E-state index in [0.717, 1.165) is 99.4 Å². The SMILES string of the molecule is Cc1cc(C)cc(-c2nc(-c3cc(C)cc(C)c3)nc(-n3c4ccccc4c4cccc(-c5ccc6c(c5)oc5c(-c7ccccc7)cccc56)c43)n2)c1. The van der Waals surface area contributed by atoms with E-state index in [0.29, 0.717) is 17.6 Å². The summed E-state index contributed by atoms with van der Waals surface area (Å²) in [4.78, 5) is 15.7. The van der Waals surface area contributed by atoms with Crippen LogP contribution in [-0.2, 0) is 0 Å². The summed E-state index contributed by atoms with van der Waals surface area (Å²) in [6.45, 7) is 8.46. The average Bonchev–Trinajstić information content (AvgIpc) is 3.73. The van der Waals surface area contributed by atoms with E-state index in [1.165, 1.54) is 0 Å². The lowest BCUT2D eigenvalue weighted by atomic mass is 9.99. The van der Waals surface area contributed by atoms with Crippen molar-refractivity contribution in [3.05, 3.63) is 168 Å². The van der Waals surface area contributed by atoms with Gasteiger partial charge in [0.1, 0.15) is 11.2 Å². The van der Waals surface area contributed by atoms with Crippen molar-refractivity contribution in [3.63, 3.8) is 0 Å². The molecule has 0 bridgehead atoms. The smallest absolute Gasteiger partial charge is 0.238 e. The number of aromatic nitrogens is 4. The highest BCUT2D eigenvalue weighted by atomic mass is 16.3. The van der Waals surface area contributed by atoms with Crippen molar-refractivity contribution in [1.82, 2.24) is 19.5 Å². The van der Waals surface area contributed by atoms with Crippen molar-refractivity contribution in [2.75, 3.05) is 0 Å². The van der Waals surface area contributed by atoms with Gasteiger partial charge < -0.3 is 4.42 Å². The van der Waals surface area contributed by atoms with E-state index < -0.39 is 0 Å². The van der Waals surface area contributed by atoms with Gasteiger partial charge in [-0.2, -0.15) is 9.97 Å². The molecule has 10 rings (SSSR count). The second kappa shape index (κ2) is 12.4. The molecule has 0 radical (unpaired) electrons. The van der Waals surface area contributed by atoms with Crippen molar-refractivity contribution in [3.8, 4) is 51.0 Å². The van der Waals surface area contributed by atoms with Gasteiger partial charge in [-0.3, -0.25) is 4.57 Å². The minimum Gasteiger partial charge on any atom is -0.455 e. The molecule has 0 amide bonds. The molecule has 10 aromatic rings. The molecule has 3 heterocycles. The minimum absolute atomic E-state index is 0.573. The molecule has 0 aliphatic rings. The number of hydrogen-bond donors (Lipinski definition) is 0. The van der Waals surface area contributed by atoms with Gasteiger partial charge in [0, 0.05) is 43.8 Å². The second-order valence-corrected chi connectivity index (χ2v) is 14.5. The quantitative estimate of drug-likeness (QED) is 0.180. The monoisotopic (exact) mass is 696 g/mol. The highest BCUT2D eigenvalue weighted by Gasteiger charge is 2.22. The highest BCUT2D eigenvalue weighted by molar-refractivity contribution is 6.15. The molecule has 0 spiro atoms. The zero-order chi connectivity index (χ0) is 36.5. The Hall–Kier alpha value is -6.85. The number of furan rings is 1. The number of fused-ring (bicyclic) bond motifs is 6. The van der Waals surface area contributed by atoms with Gasteiger partial charge in [0.05, 0.1) is 11.0 Å². The summed E-state index contributed by atoms with van der Waals surface area (Å²) in [7, 11) is 0. The van der Waals surface area contributed by atoms with Crippen LogP contribution < -0.4 is 0 Å². The van der Waals surface area contributed by atoms with Crippen LogP contribution >= 0.6 is 0 Å². The van der Waals surface area contributed by atoms with Gasteiger partial charge in [0.25, 0.3) is 0 Å². The lowest BCUT2D eigenvalue weighted by Crippen LogP contribution is -2.07. The van der Waals surface area contributed by atoms with Crippen LogP contribution in [0.4, 0.5) is 0 Å². The summed E-state index contributed by atoms with van der Waals surface area (Å²) >= 11 is 0. The summed E-state index contributed by atoms with van der Waals surface area (Å²) in [5, 5.41) is 4.45. The first-order chi connectivity index (χ1) is 26.4. The van der Waals surface area contributed by atoms with E-state index >= 15 is 0 Å². The predicted molar refractivity (Wildman–Crippen MR) is 222 cm³/mol. The van der Waals surface area contributed by atoms with Crippen molar-refractivity contribution in [2.24, 2.45) is 0 Å². The summed E-state index contributed by atoms with van der Waals surface area (Å²) in [6, 6.07) is 51.4. The molecule has 258 valence electrons. The lowest BCUT2D eigenvalue weighted by Gasteiger charge is -2.14. The molecule has 5 heteroatoms. The van der Waals surface area contributed by atoms with Gasteiger partial charge in [0.2, 0.25) is 5.95 Å². The Morgan fingerprint density at radius 2 is 1.02 bits per heavy atom. The Bertz CT molecular complexity index is 2990. The van der Waals surface area contributed by atoms with Crippen LogP contribution in [-0.4, -0.2) is 19.5 Å². The van der Waals surface area contributed by atoms with Crippen LogP contribution in [0.2, 0.25) is 0 Å². The molecule has 7 aromatic carbocycles. The zero-order valence-electron chi connectivity index (χ0n) is 30.6. The molecule has 0 saturated heterocycles.